The Hall–Kier alpha value is -0.890. The molecule has 0 aliphatic heterocycles. The van der Waals surface area contributed by atoms with Crippen LogP contribution in [-0.2, 0) is 0 Å². The molecule has 0 fully saturated rings. The predicted octanol–water partition coefficient (Wildman–Crippen LogP) is -1.55. The second-order valence-electron chi connectivity index (χ2n) is 3.52. The molecule has 0 heterocycles. The molecule has 0 aromatic heterocycles. The van der Waals surface area contributed by atoms with Gasteiger partial charge in [-0.05, 0) is 12.8 Å². The lowest BCUT2D eigenvalue weighted by Crippen LogP contribution is -2.41. The fourth-order valence-electron chi connectivity index (χ4n) is 1.22. The molecule has 5 N–H and O–H groups in total. The van der Waals surface area contributed by atoms with Crippen LogP contribution in [0.25, 0.3) is 0 Å². The Morgan fingerprint density at radius 2 is 1.38 bits per heavy atom. The molecule has 16 heavy (non-hydrogen) atoms. The van der Waals surface area contributed by atoms with E-state index in [1.165, 1.54) is 0 Å². The molecular formula is C9H19NO6. The summed E-state index contributed by atoms with van der Waals surface area (Å²) in [6.07, 6.45) is -3.00. The first kappa shape index (κ1) is 15.1. The largest absolute Gasteiger partial charge is 0.465 e. The number of carbonyl (C=O) groups is 1. The first-order valence-electron chi connectivity index (χ1n) is 5.07. The van der Waals surface area contributed by atoms with Gasteiger partial charge in [0, 0.05) is 13.2 Å². The number of carboxylic acid groups (broad SMARTS) is 1. The molecule has 0 aliphatic carbocycles. The van der Waals surface area contributed by atoms with Crippen LogP contribution in [0, 0.1) is 0 Å². The summed E-state index contributed by atoms with van der Waals surface area (Å²) < 4.78 is 0. The SMILES string of the molecule is O=C(O)N(CC(O)CCO)CC(O)CCO. The summed E-state index contributed by atoms with van der Waals surface area (Å²) >= 11 is 0. The van der Waals surface area contributed by atoms with Gasteiger partial charge in [0.15, 0.2) is 0 Å². The fourth-order valence-corrected chi connectivity index (χ4v) is 1.22. The van der Waals surface area contributed by atoms with Crippen molar-refractivity contribution < 1.29 is 30.3 Å². The minimum Gasteiger partial charge on any atom is -0.465 e. The molecule has 2 unspecified atom stereocenters. The summed E-state index contributed by atoms with van der Waals surface area (Å²) in [5, 5.41) is 44.5. The van der Waals surface area contributed by atoms with Gasteiger partial charge in [-0.2, -0.15) is 0 Å². The van der Waals surface area contributed by atoms with E-state index in [0.717, 1.165) is 4.90 Å². The molecule has 1 amide bonds. The minimum atomic E-state index is -1.26. The van der Waals surface area contributed by atoms with E-state index in [1.807, 2.05) is 0 Å². The topological polar surface area (TPSA) is 121 Å². The summed E-state index contributed by atoms with van der Waals surface area (Å²) in [7, 11) is 0. The molecule has 0 saturated carbocycles. The lowest BCUT2D eigenvalue weighted by molar-refractivity contribution is 0.0480. The number of hydrogen-bond acceptors (Lipinski definition) is 5. The Labute approximate surface area is 93.6 Å². The van der Waals surface area contributed by atoms with Crippen LogP contribution in [0.4, 0.5) is 4.79 Å². The first-order valence-corrected chi connectivity index (χ1v) is 5.07. The molecule has 0 rings (SSSR count). The predicted molar refractivity (Wildman–Crippen MR) is 55.0 cm³/mol. The molecule has 96 valence electrons. The van der Waals surface area contributed by atoms with E-state index in [9.17, 15) is 15.0 Å². The van der Waals surface area contributed by atoms with Gasteiger partial charge in [-0.15, -0.1) is 0 Å². The van der Waals surface area contributed by atoms with E-state index >= 15 is 0 Å². The van der Waals surface area contributed by atoms with Crippen LogP contribution in [-0.4, -0.2) is 75.0 Å². The second kappa shape index (κ2) is 8.28. The Morgan fingerprint density at radius 1 is 1.00 bits per heavy atom. The average molecular weight is 237 g/mol. The summed E-state index contributed by atoms with van der Waals surface area (Å²) in [5.41, 5.74) is 0. The van der Waals surface area contributed by atoms with Crippen molar-refractivity contribution in [2.75, 3.05) is 26.3 Å². The van der Waals surface area contributed by atoms with Crippen LogP contribution in [0.3, 0.4) is 0 Å². The molecule has 7 heteroatoms. The van der Waals surface area contributed by atoms with Crippen molar-refractivity contribution in [1.29, 1.82) is 0 Å². The van der Waals surface area contributed by atoms with Crippen molar-refractivity contribution in [3.05, 3.63) is 0 Å². The molecule has 0 radical (unpaired) electrons. The van der Waals surface area contributed by atoms with Crippen molar-refractivity contribution in [3.63, 3.8) is 0 Å². The van der Waals surface area contributed by atoms with Crippen LogP contribution < -0.4 is 0 Å². The Bertz CT molecular complexity index is 186. The van der Waals surface area contributed by atoms with E-state index in [2.05, 4.69) is 0 Å². The van der Waals surface area contributed by atoms with Crippen molar-refractivity contribution in [1.82, 2.24) is 4.90 Å². The third-order valence-corrected chi connectivity index (χ3v) is 2.06. The van der Waals surface area contributed by atoms with Crippen LogP contribution >= 0.6 is 0 Å². The van der Waals surface area contributed by atoms with Gasteiger partial charge in [0.1, 0.15) is 0 Å². The highest BCUT2D eigenvalue weighted by atomic mass is 16.4. The first-order chi connectivity index (χ1) is 7.51. The molecule has 0 aromatic carbocycles. The second-order valence-corrected chi connectivity index (χ2v) is 3.52. The zero-order chi connectivity index (χ0) is 12.6. The quantitative estimate of drug-likeness (QED) is 0.348. The van der Waals surface area contributed by atoms with Gasteiger partial charge in [0.25, 0.3) is 0 Å². The third-order valence-electron chi connectivity index (χ3n) is 2.06. The Morgan fingerprint density at radius 3 is 1.62 bits per heavy atom. The van der Waals surface area contributed by atoms with Crippen molar-refractivity contribution in [2.24, 2.45) is 0 Å². The zero-order valence-electron chi connectivity index (χ0n) is 8.99. The van der Waals surface area contributed by atoms with Gasteiger partial charge < -0.3 is 30.4 Å². The average Bonchev–Trinajstić information content (AvgIpc) is 2.17. The van der Waals surface area contributed by atoms with Crippen LogP contribution in [0.2, 0.25) is 0 Å². The Kier molecular flexibility index (Phi) is 7.82. The maximum atomic E-state index is 10.8. The van der Waals surface area contributed by atoms with Gasteiger partial charge in [-0.3, -0.25) is 0 Å². The molecule has 2 atom stereocenters. The highest BCUT2D eigenvalue weighted by Crippen LogP contribution is 2.01. The summed E-state index contributed by atoms with van der Waals surface area (Å²) in [5.74, 6) is 0. The smallest absolute Gasteiger partial charge is 0.407 e. The minimum absolute atomic E-state index is 0.0832. The maximum Gasteiger partial charge on any atom is 0.407 e. The molecule has 0 bridgehead atoms. The number of hydrogen-bond donors (Lipinski definition) is 5. The lowest BCUT2D eigenvalue weighted by Gasteiger charge is -2.24. The number of aliphatic hydroxyl groups is 4. The van der Waals surface area contributed by atoms with Gasteiger partial charge in [-0.1, -0.05) is 0 Å². The highest BCUT2D eigenvalue weighted by molar-refractivity contribution is 5.65. The molecular weight excluding hydrogens is 218 g/mol. The highest BCUT2D eigenvalue weighted by Gasteiger charge is 2.19. The van der Waals surface area contributed by atoms with Crippen molar-refractivity contribution in [2.45, 2.75) is 25.0 Å². The number of nitrogens with zero attached hydrogens (tertiary/aromatic N) is 1. The number of amides is 1. The van der Waals surface area contributed by atoms with Crippen LogP contribution in [0.15, 0.2) is 0 Å². The monoisotopic (exact) mass is 237 g/mol. The zero-order valence-corrected chi connectivity index (χ0v) is 8.99. The third kappa shape index (κ3) is 6.57. The number of rotatable bonds is 8. The lowest BCUT2D eigenvalue weighted by atomic mass is 10.2. The van der Waals surface area contributed by atoms with Gasteiger partial charge in [0.2, 0.25) is 0 Å². The van der Waals surface area contributed by atoms with Gasteiger partial charge in [0.05, 0.1) is 25.3 Å². The molecule has 0 aliphatic rings. The molecule has 0 spiro atoms. The van der Waals surface area contributed by atoms with E-state index in [-0.39, 0.29) is 39.1 Å². The Balaban J connectivity index is 4.11. The summed E-state index contributed by atoms with van der Waals surface area (Å²) in [6.45, 7) is -0.793. The normalized spacial score (nSPS) is 14.5. The van der Waals surface area contributed by atoms with Crippen molar-refractivity contribution in [3.8, 4) is 0 Å². The van der Waals surface area contributed by atoms with E-state index in [0.29, 0.717) is 0 Å². The van der Waals surface area contributed by atoms with Crippen molar-refractivity contribution >= 4 is 6.09 Å². The summed E-state index contributed by atoms with van der Waals surface area (Å²) in [4.78, 5) is 11.6. The van der Waals surface area contributed by atoms with Crippen LogP contribution in [0.5, 0.6) is 0 Å². The van der Waals surface area contributed by atoms with E-state index < -0.39 is 18.3 Å². The molecule has 7 nitrogen and oxygen atoms in total. The van der Waals surface area contributed by atoms with Crippen LogP contribution in [0.1, 0.15) is 12.8 Å². The number of aliphatic hydroxyl groups excluding tert-OH is 4. The van der Waals surface area contributed by atoms with E-state index in [4.69, 9.17) is 15.3 Å². The summed E-state index contributed by atoms with van der Waals surface area (Å²) in [6, 6.07) is 0. The van der Waals surface area contributed by atoms with Gasteiger partial charge in [-0.25, -0.2) is 4.79 Å². The standard InChI is InChI=1S/C9H19NO6/c11-3-1-7(13)5-10(9(15)16)6-8(14)2-4-12/h7-8,11-14H,1-6H2,(H,15,16). The molecule has 0 saturated heterocycles. The fraction of sp³-hybridized carbons (Fsp3) is 0.889. The maximum absolute atomic E-state index is 10.8. The molecule has 0 aromatic rings. The van der Waals surface area contributed by atoms with Gasteiger partial charge >= 0.3 is 6.09 Å². The van der Waals surface area contributed by atoms with E-state index in [1.54, 1.807) is 0 Å².